The van der Waals surface area contributed by atoms with Crippen LogP contribution in [0.2, 0.25) is 0 Å². The molecule has 0 radical (unpaired) electrons. The molecule has 2 N–H and O–H groups in total. The van der Waals surface area contributed by atoms with E-state index >= 15 is 0 Å². The van der Waals surface area contributed by atoms with E-state index < -0.39 is 10.0 Å². The van der Waals surface area contributed by atoms with Gasteiger partial charge in [-0.3, -0.25) is 4.72 Å². The molecule has 0 bridgehead atoms. The molecule has 6 nitrogen and oxygen atoms in total. The van der Waals surface area contributed by atoms with Gasteiger partial charge in [0.1, 0.15) is 6.33 Å². The predicted octanol–water partition coefficient (Wildman–Crippen LogP) is 1.84. The zero-order valence-corrected chi connectivity index (χ0v) is 12.7. The van der Waals surface area contributed by atoms with Crippen LogP contribution in [0.1, 0.15) is 18.2 Å². The Hall–Kier alpha value is -1.51. The van der Waals surface area contributed by atoms with Gasteiger partial charge in [0, 0.05) is 16.8 Å². The van der Waals surface area contributed by atoms with E-state index in [-0.39, 0.29) is 4.90 Å². The maximum absolute atomic E-state index is 12.2. The molecule has 0 aliphatic carbocycles. The summed E-state index contributed by atoms with van der Waals surface area (Å²) in [5.74, 6) is 0. The normalized spacial score (nSPS) is 11.4. The van der Waals surface area contributed by atoms with Crippen molar-refractivity contribution < 1.29 is 8.42 Å². The summed E-state index contributed by atoms with van der Waals surface area (Å²) >= 11 is 1.42. The fourth-order valence-corrected chi connectivity index (χ4v) is 3.82. The Bertz CT molecular complexity index is 640. The monoisotopic (exact) mass is 312 g/mol. The highest BCUT2D eigenvalue weighted by Gasteiger charge is 2.16. The number of aromatic nitrogens is 2. The zero-order valence-electron chi connectivity index (χ0n) is 11.0. The van der Waals surface area contributed by atoms with E-state index in [0.29, 0.717) is 12.2 Å². The van der Waals surface area contributed by atoms with Gasteiger partial charge < -0.3 is 5.32 Å². The fraction of sp³-hybridized carbons (Fsp3) is 0.333. The van der Waals surface area contributed by atoms with E-state index in [9.17, 15) is 8.42 Å². The van der Waals surface area contributed by atoms with E-state index in [2.05, 4.69) is 26.9 Å². The Morgan fingerprint density at radius 2 is 2.05 bits per heavy atom. The Morgan fingerprint density at radius 1 is 1.30 bits per heavy atom. The second-order valence-corrected chi connectivity index (χ2v) is 6.84. The van der Waals surface area contributed by atoms with Crippen LogP contribution in [0.15, 0.2) is 35.1 Å². The average molecular weight is 312 g/mol. The van der Waals surface area contributed by atoms with Crippen LogP contribution >= 0.6 is 11.3 Å². The molecule has 2 heterocycles. The van der Waals surface area contributed by atoms with Gasteiger partial charge in [0.2, 0.25) is 0 Å². The van der Waals surface area contributed by atoms with Gasteiger partial charge in [-0.25, -0.2) is 18.4 Å². The maximum atomic E-state index is 12.2. The summed E-state index contributed by atoms with van der Waals surface area (Å²) in [7, 11) is -3.57. The highest BCUT2D eigenvalue weighted by atomic mass is 32.2. The second-order valence-electron chi connectivity index (χ2n) is 4.16. The Kier molecular flexibility index (Phi) is 5.05. The van der Waals surface area contributed by atoms with E-state index in [1.165, 1.54) is 30.1 Å². The van der Waals surface area contributed by atoms with Crippen LogP contribution in [0.5, 0.6) is 0 Å². The molecule has 0 fully saturated rings. The third kappa shape index (κ3) is 3.99. The minimum atomic E-state index is -3.57. The highest BCUT2D eigenvalue weighted by molar-refractivity contribution is 7.92. The van der Waals surface area contributed by atoms with Crippen molar-refractivity contribution in [1.29, 1.82) is 0 Å². The number of thiophene rings is 1. The van der Waals surface area contributed by atoms with E-state index in [1.807, 2.05) is 0 Å². The van der Waals surface area contributed by atoms with E-state index in [1.54, 1.807) is 11.4 Å². The quantitative estimate of drug-likeness (QED) is 0.762. The lowest BCUT2D eigenvalue weighted by atomic mass is 10.4. The Morgan fingerprint density at radius 3 is 2.75 bits per heavy atom. The van der Waals surface area contributed by atoms with Crippen LogP contribution in [-0.2, 0) is 16.6 Å². The molecule has 2 aromatic heterocycles. The van der Waals surface area contributed by atoms with Crippen LogP contribution in [0.25, 0.3) is 0 Å². The first kappa shape index (κ1) is 14.9. The third-order valence-corrected chi connectivity index (χ3v) is 4.93. The smallest absolute Gasteiger partial charge is 0.262 e. The average Bonchev–Trinajstić information content (AvgIpc) is 2.89. The molecular weight excluding hydrogens is 296 g/mol. The second kappa shape index (κ2) is 6.78. The van der Waals surface area contributed by atoms with Gasteiger partial charge in [-0.1, -0.05) is 6.92 Å². The van der Waals surface area contributed by atoms with Gasteiger partial charge in [-0.05, 0) is 19.0 Å². The Balaban J connectivity index is 2.06. The van der Waals surface area contributed by atoms with Crippen LogP contribution in [0.4, 0.5) is 5.69 Å². The number of rotatable bonds is 7. The van der Waals surface area contributed by atoms with Crippen LogP contribution in [0, 0.1) is 0 Å². The van der Waals surface area contributed by atoms with Crippen molar-refractivity contribution in [2.75, 3.05) is 11.3 Å². The van der Waals surface area contributed by atoms with E-state index in [4.69, 9.17) is 0 Å². The molecule has 0 spiro atoms. The predicted molar refractivity (Wildman–Crippen MR) is 79.2 cm³/mol. The molecule has 2 rings (SSSR count). The topological polar surface area (TPSA) is 84.0 Å². The first-order chi connectivity index (χ1) is 9.62. The van der Waals surface area contributed by atoms with Gasteiger partial charge in [0.05, 0.1) is 23.0 Å². The maximum Gasteiger partial charge on any atom is 0.262 e. The molecule has 0 saturated carbocycles. The van der Waals surface area contributed by atoms with Gasteiger partial charge in [0.15, 0.2) is 0 Å². The van der Waals surface area contributed by atoms with Gasteiger partial charge in [-0.2, -0.15) is 0 Å². The minimum absolute atomic E-state index is 0.264. The third-order valence-electron chi connectivity index (χ3n) is 2.48. The minimum Gasteiger partial charge on any atom is -0.312 e. The molecule has 8 heteroatoms. The molecule has 2 aromatic rings. The summed E-state index contributed by atoms with van der Waals surface area (Å²) in [6.07, 6.45) is 5.23. The molecule has 0 saturated heterocycles. The number of anilines is 1. The van der Waals surface area contributed by atoms with Gasteiger partial charge in [-0.15, -0.1) is 11.3 Å². The largest absolute Gasteiger partial charge is 0.312 e. The summed E-state index contributed by atoms with van der Waals surface area (Å²) in [5.41, 5.74) is 0.351. The molecule has 0 atom stereocenters. The molecule has 0 aliphatic heterocycles. The highest BCUT2D eigenvalue weighted by Crippen LogP contribution is 2.21. The molecule has 0 aromatic carbocycles. The first-order valence-corrected chi connectivity index (χ1v) is 8.54. The van der Waals surface area contributed by atoms with Crippen molar-refractivity contribution >= 4 is 27.0 Å². The van der Waals surface area contributed by atoms with E-state index in [0.717, 1.165) is 17.8 Å². The first-order valence-electron chi connectivity index (χ1n) is 6.18. The number of hydrogen-bond donors (Lipinski definition) is 2. The Labute approximate surface area is 122 Å². The van der Waals surface area contributed by atoms with Crippen molar-refractivity contribution in [2.45, 2.75) is 24.8 Å². The molecule has 0 aliphatic rings. The summed E-state index contributed by atoms with van der Waals surface area (Å²) in [4.78, 5) is 8.80. The molecule has 20 heavy (non-hydrogen) atoms. The van der Waals surface area contributed by atoms with Gasteiger partial charge >= 0.3 is 0 Å². The summed E-state index contributed by atoms with van der Waals surface area (Å²) < 4.78 is 26.8. The van der Waals surface area contributed by atoms with Crippen molar-refractivity contribution in [2.24, 2.45) is 0 Å². The number of hydrogen-bond acceptors (Lipinski definition) is 6. The van der Waals surface area contributed by atoms with Crippen molar-refractivity contribution in [3.8, 4) is 0 Å². The van der Waals surface area contributed by atoms with Crippen molar-refractivity contribution in [1.82, 2.24) is 15.3 Å². The SMILES string of the molecule is CCCNCc1cc(S(=O)(=O)Nc2cncnc2)cs1. The lowest BCUT2D eigenvalue weighted by Gasteiger charge is -2.04. The lowest BCUT2D eigenvalue weighted by molar-refractivity contribution is 0.601. The van der Waals surface area contributed by atoms with Gasteiger partial charge in [0.25, 0.3) is 10.0 Å². The summed E-state index contributed by atoms with van der Waals surface area (Å²) in [6, 6.07) is 1.68. The lowest BCUT2D eigenvalue weighted by Crippen LogP contribution is -2.14. The number of nitrogens with one attached hydrogen (secondary N) is 2. The molecule has 108 valence electrons. The molecular formula is C12H16N4O2S2. The number of sulfonamides is 1. The summed E-state index contributed by atoms with van der Waals surface area (Å²) in [5, 5.41) is 4.88. The summed E-state index contributed by atoms with van der Waals surface area (Å²) in [6.45, 7) is 3.69. The molecule has 0 unspecified atom stereocenters. The van der Waals surface area contributed by atoms with Crippen LogP contribution in [0.3, 0.4) is 0 Å². The van der Waals surface area contributed by atoms with Crippen LogP contribution in [-0.4, -0.2) is 24.9 Å². The van der Waals surface area contributed by atoms with Crippen LogP contribution < -0.4 is 10.0 Å². The number of nitrogens with zero attached hydrogens (tertiary/aromatic N) is 2. The standard InChI is InChI=1S/C12H16N4O2S2/c1-2-3-13-7-11-4-12(8-19-11)20(17,18)16-10-5-14-9-15-6-10/h4-6,8-9,13,16H,2-3,7H2,1H3. The fourth-order valence-electron chi connectivity index (χ4n) is 1.55. The van der Waals surface area contributed by atoms with Crippen molar-refractivity contribution in [3.63, 3.8) is 0 Å². The molecule has 0 amide bonds. The van der Waals surface area contributed by atoms with Crippen molar-refractivity contribution in [3.05, 3.63) is 35.0 Å². The zero-order chi connectivity index (χ0) is 14.4.